The molecule has 0 unspecified atom stereocenters. The van der Waals surface area contributed by atoms with Crippen molar-refractivity contribution in [1.29, 1.82) is 0 Å². The molecule has 9 heteroatoms. The highest BCUT2D eigenvalue weighted by atomic mass is 79.9. The molecule has 0 aliphatic rings. The van der Waals surface area contributed by atoms with Gasteiger partial charge in [0.15, 0.2) is 5.82 Å². The van der Waals surface area contributed by atoms with Crippen molar-refractivity contribution in [3.05, 3.63) is 41.1 Å². The fraction of sp³-hybridized carbons (Fsp3) is 0. The first-order valence-corrected chi connectivity index (χ1v) is 7.36. The van der Waals surface area contributed by atoms with Crippen LogP contribution in [0.3, 0.4) is 0 Å². The molecule has 0 spiro atoms. The summed E-state index contributed by atoms with van der Waals surface area (Å²) in [5, 5.41) is 0. The van der Waals surface area contributed by atoms with E-state index in [4.69, 9.17) is 5.84 Å². The number of anilines is 2. The van der Waals surface area contributed by atoms with Crippen molar-refractivity contribution in [2.45, 2.75) is 4.90 Å². The van der Waals surface area contributed by atoms with E-state index in [9.17, 15) is 8.42 Å². The summed E-state index contributed by atoms with van der Waals surface area (Å²) in [7, 11) is -3.73. The highest BCUT2D eigenvalue weighted by Gasteiger charge is 2.16. The molecule has 0 atom stereocenters. The van der Waals surface area contributed by atoms with E-state index in [0.29, 0.717) is 10.3 Å². The topological polar surface area (TPSA) is 110 Å². The molecule has 0 aliphatic carbocycles. The number of halogens is 1. The Bertz CT molecular complexity index is 675. The Morgan fingerprint density at radius 3 is 2.58 bits per heavy atom. The van der Waals surface area contributed by atoms with Crippen molar-refractivity contribution < 1.29 is 8.42 Å². The van der Waals surface area contributed by atoms with Crippen LogP contribution in [-0.2, 0) is 10.0 Å². The lowest BCUT2D eigenvalue weighted by molar-refractivity contribution is 0.600. The quantitative estimate of drug-likeness (QED) is 0.570. The van der Waals surface area contributed by atoms with Crippen LogP contribution in [0.1, 0.15) is 0 Å². The second-order valence-electron chi connectivity index (χ2n) is 3.46. The van der Waals surface area contributed by atoms with Gasteiger partial charge in [0.1, 0.15) is 10.7 Å². The molecular formula is C10H10BrN5O2S. The van der Waals surface area contributed by atoms with E-state index in [1.165, 1.54) is 24.5 Å². The molecule has 2 aromatic heterocycles. The first-order valence-electron chi connectivity index (χ1n) is 5.09. The Kier molecular flexibility index (Phi) is 3.98. The normalized spacial score (nSPS) is 11.1. The summed E-state index contributed by atoms with van der Waals surface area (Å²) in [6, 6.07) is 6.22. The summed E-state index contributed by atoms with van der Waals surface area (Å²) in [6.45, 7) is 0. The molecule has 0 amide bonds. The third kappa shape index (κ3) is 3.19. The number of aromatic nitrogens is 2. The third-order valence-electron chi connectivity index (χ3n) is 2.18. The van der Waals surface area contributed by atoms with E-state index in [-0.39, 0.29) is 10.7 Å². The number of rotatable bonds is 4. The zero-order valence-electron chi connectivity index (χ0n) is 9.54. The molecule has 0 aromatic carbocycles. The van der Waals surface area contributed by atoms with Crippen molar-refractivity contribution in [2.75, 3.05) is 10.1 Å². The number of hydrogen-bond acceptors (Lipinski definition) is 6. The van der Waals surface area contributed by atoms with Crippen molar-refractivity contribution >= 4 is 37.6 Å². The summed E-state index contributed by atoms with van der Waals surface area (Å²) in [5.41, 5.74) is 2.32. The fourth-order valence-electron chi connectivity index (χ4n) is 1.27. The van der Waals surface area contributed by atoms with E-state index in [2.05, 4.69) is 36.0 Å². The van der Waals surface area contributed by atoms with Gasteiger partial charge in [-0.25, -0.2) is 24.2 Å². The van der Waals surface area contributed by atoms with Crippen LogP contribution in [0.15, 0.2) is 46.0 Å². The molecule has 0 aliphatic heterocycles. The number of nitrogens with one attached hydrogen (secondary N) is 2. The Morgan fingerprint density at radius 2 is 2.00 bits per heavy atom. The van der Waals surface area contributed by atoms with Crippen LogP contribution < -0.4 is 16.0 Å². The van der Waals surface area contributed by atoms with Gasteiger partial charge in [-0.05, 0) is 40.2 Å². The molecule has 2 aromatic rings. The van der Waals surface area contributed by atoms with Gasteiger partial charge >= 0.3 is 0 Å². The smallest absolute Gasteiger partial charge is 0.264 e. The van der Waals surface area contributed by atoms with Gasteiger partial charge in [0.2, 0.25) is 0 Å². The van der Waals surface area contributed by atoms with Gasteiger partial charge in [-0.1, -0.05) is 0 Å². The van der Waals surface area contributed by atoms with Crippen LogP contribution in [0.5, 0.6) is 0 Å². The zero-order valence-corrected chi connectivity index (χ0v) is 11.9. The van der Waals surface area contributed by atoms with E-state index < -0.39 is 10.0 Å². The maximum atomic E-state index is 12.1. The number of pyridine rings is 2. The molecule has 7 nitrogen and oxygen atoms in total. The van der Waals surface area contributed by atoms with Gasteiger partial charge in [-0.2, -0.15) is 0 Å². The lowest BCUT2D eigenvalue weighted by Gasteiger charge is -2.08. The molecule has 19 heavy (non-hydrogen) atoms. The van der Waals surface area contributed by atoms with Gasteiger partial charge in [-0.15, -0.1) is 0 Å². The summed E-state index contributed by atoms with van der Waals surface area (Å²) in [4.78, 5) is 7.79. The van der Waals surface area contributed by atoms with Gasteiger partial charge in [0.05, 0.1) is 4.47 Å². The molecule has 0 saturated carbocycles. The molecular weight excluding hydrogens is 334 g/mol. The summed E-state index contributed by atoms with van der Waals surface area (Å²) < 4.78 is 27.1. The van der Waals surface area contributed by atoms with Gasteiger partial charge in [-0.3, -0.25) is 4.72 Å². The Labute approximate surface area is 118 Å². The highest BCUT2D eigenvalue weighted by molar-refractivity contribution is 9.10. The van der Waals surface area contributed by atoms with Crippen molar-refractivity contribution in [3.8, 4) is 0 Å². The van der Waals surface area contributed by atoms with Gasteiger partial charge < -0.3 is 5.43 Å². The Balaban J connectivity index is 2.30. The summed E-state index contributed by atoms with van der Waals surface area (Å²) >= 11 is 3.21. The molecule has 2 heterocycles. The second kappa shape index (κ2) is 5.51. The van der Waals surface area contributed by atoms with Crippen LogP contribution in [0, 0.1) is 0 Å². The Morgan fingerprint density at radius 1 is 1.21 bits per heavy atom. The first kappa shape index (κ1) is 13.7. The van der Waals surface area contributed by atoms with Crippen molar-refractivity contribution in [1.82, 2.24) is 9.97 Å². The van der Waals surface area contributed by atoms with Crippen molar-refractivity contribution in [3.63, 3.8) is 0 Å². The molecule has 4 N–H and O–H groups in total. The predicted octanol–water partition coefficient (Wildman–Crippen LogP) is 1.33. The van der Waals surface area contributed by atoms with E-state index >= 15 is 0 Å². The maximum Gasteiger partial charge on any atom is 0.264 e. The van der Waals surface area contributed by atoms with E-state index in [1.54, 1.807) is 12.1 Å². The van der Waals surface area contributed by atoms with Crippen LogP contribution in [-0.4, -0.2) is 18.4 Å². The lowest BCUT2D eigenvalue weighted by atomic mass is 10.5. The highest BCUT2D eigenvalue weighted by Crippen LogP contribution is 2.22. The predicted molar refractivity (Wildman–Crippen MR) is 74.8 cm³/mol. The van der Waals surface area contributed by atoms with Crippen LogP contribution in [0.25, 0.3) is 0 Å². The maximum absolute atomic E-state index is 12.1. The van der Waals surface area contributed by atoms with Crippen LogP contribution in [0.4, 0.5) is 11.6 Å². The summed E-state index contributed by atoms with van der Waals surface area (Å²) in [5.74, 6) is 5.74. The fourth-order valence-corrected chi connectivity index (χ4v) is 2.73. The number of nitrogen functional groups attached to an aromatic ring is 1. The lowest BCUT2D eigenvalue weighted by Crippen LogP contribution is -2.15. The minimum atomic E-state index is -3.73. The number of hydrogen-bond donors (Lipinski definition) is 3. The standard InChI is InChI=1S/C10H10BrN5O2S/c11-8-2-1-5-13-10(8)16-19(17,18)7-3-4-9(15-12)14-6-7/h1-6H,12H2,(H,13,16)(H,14,15). The molecule has 0 radical (unpaired) electrons. The molecule has 0 saturated heterocycles. The summed E-state index contributed by atoms with van der Waals surface area (Å²) in [6.07, 6.45) is 2.69. The molecule has 2 rings (SSSR count). The van der Waals surface area contributed by atoms with Gasteiger partial charge in [0, 0.05) is 12.4 Å². The van der Waals surface area contributed by atoms with Crippen LogP contribution in [0.2, 0.25) is 0 Å². The molecule has 0 fully saturated rings. The largest absolute Gasteiger partial charge is 0.308 e. The number of hydrazine groups is 1. The molecule has 0 bridgehead atoms. The number of nitrogens with zero attached hydrogens (tertiary/aromatic N) is 2. The average Bonchev–Trinajstić information content (AvgIpc) is 2.41. The Hall–Kier alpha value is -1.71. The van der Waals surface area contributed by atoms with Crippen LogP contribution >= 0.6 is 15.9 Å². The number of nitrogens with two attached hydrogens (primary N) is 1. The van der Waals surface area contributed by atoms with E-state index in [1.807, 2.05) is 0 Å². The first-order chi connectivity index (χ1) is 9.03. The van der Waals surface area contributed by atoms with E-state index in [0.717, 1.165) is 0 Å². The average molecular weight is 344 g/mol. The zero-order chi connectivity index (χ0) is 13.9. The molecule has 100 valence electrons. The monoisotopic (exact) mass is 343 g/mol. The SMILES string of the molecule is NNc1ccc(S(=O)(=O)Nc2ncccc2Br)cn1. The van der Waals surface area contributed by atoms with Gasteiger partial charge in [0.25, 0.3) is 10.0 Å². The minimum absolute atomic E-state index is 0.0176. The minimum Gasteiger partial charge on any atom is -0.308 e. The van der Waals surface area contributed by atoms with Crippen molar-refractivity contribution in [2.24, 2.45) is 5.84 Å². The third-order valence-corrected chi connectivity index (χ3v) is 4.15. The number of sulfonamides is 1. The second-order valence-corrected chi connectivity index (χ2v) is 6.00.